The molecule has 1 fully saturated rings. The molecule has 3 rings (SSSR count). The maximum atomic E-state index is 13.1. The number of aliphatic hydroxyl groups is 1. The molecular weight excluding hydrogens is 374 g/mol. The molecule has 27 heavy (non-hydrogen) atoms. The average molecular weight is 397 g/mol. The maximum Gasteiger partial charge on any atom is 0.124 e. The van der Waals surface area contributed by atoms with Crippen LogP contribution in [0.3, 0.4) is 0 Å². The molecular formula is C20H23ClF2N2O2. The lowest BCUT2D eigenvalue weighted by Crippen LogP contribution is -2.48. The van der Waals surface area contributed by atoms with Gasteiger partial charge >= 0.3 is 0 Å². The van der Waals surface area contributed by atoms with Gasteiger partial charge in [-0.2, -0.15) is 0 Å². The Morgan fingerprint density at radius 3 is 2.26 bits per heavy atom. The van der Waals surface area contributed by atoms with Crippen LogP contribution >= 0.6 is 11.6 Å². The van der Waals surface area contributed by atoms with E-state index in [-0.39, 0.29) is 18.2 Å². The lowest BCUT2D eigenvalue weighted by Gasteiger charge is -2.35. The van der Waals surface area contributed by atoms with Crippen molar-refractivity contribution in [3.8, 4) is 5.75 Å². The quantitative estimate of drug-likeness (QED) is 0.779. The standard InChI is InChI=1S/C20H23ClF2N2O2/c21-20-11-17(23)2-1-15(20)12-24-7-9-25(10-8-24)13-18(26)14-27-19-5-3-16(22)4-6-19/h1-6,11,18,26H,7-10,12-14H2. The van der Waals surface area contributed by atoms with Gasteiger partial charge in [-0.3, -0.25) is 9.80 Å². The Kier molecular flexibility index (Phi) is 7.01. The van der Waals surface area contributed by atoms with Gasteiger partial charge in [0.15, 0.2) is 0 Å². The van der Waals surface area contributed by atoms with Crippen LogP contribution in [0.1, 0.15) is 5.56 Å². The van der Waals surface area contributed by atoms with E-state index in [4.69, 9.17) is 16.3 Å². The van der Waals surface area contributed by atoms with Crippen LogP contribution in [0.4, 0.5) is 8.78 Å². The van der Waals surface area contributed by atoms with Gasteiger partial charge in [0, 0.05) is 44.3 Å². The summed E-state index contributed by atoms with van der Waals surface area (Å²) in [5, 5.41) is 10.6. The van der Waals surface area contributed by atoms with Crippen LogP contribution in [0.2, 0.25) is 5.02 Å². The Bertz CT molecular complexity index is 737. The summed E-state index contributed by atoms with van der Waals surface area (Å²) in [4.78, 5) is 4.44. The molecule has 1 N–H and O–H groups in total. The van der Waals surface area contributed by atoms with Crippen LogP contribution in [-0.2, 0) is 6.54 Å². The second kappa shape index (κ2) is 9.46. The third-order valence-corrected chi connectivity index (χ3v) is 4.95. The van der Waals surface area contributed by atoms with E-state index in [0.29, 0.717) is 23.9 Å². The smallest absolute Gasteiger partial charge is 0.124 e. The van der Waals surface area contributed by atoms with Crippen LogP contribution in [0.25, 0.3) is 0 Å². The van der Waals surface area contributed by atoms with Crippen LogP contribution in [0.15, 0.2) is 42.5 Å². The summed E-state index contributed by atoms with van der Waals surface area (Å²) in [5.41, 5.74) is 0.916. The third kappa shape index (κ3) is 6.14. The van der Waals surface area contributed by atoms with Gasteiger partial charge in [-0.1, -0.05) is 17.7 Å². The molecule has 0 bridgehead atoms. The van der Waals surface area contributed by atoms with Gasteiger partial charge in [0.2, 0.25) is 0 Å². The molecule has 1 atom stereocenters. The molecule has 146 valence electrons. The molecule has 0 spiro atoms. The number of aliphatic hydroxyl groups excluding tert-OH is 1. The molecule has 0 radical (unpaired) electrons. The fourth-order valence-electron chi connectivity index (χ4n) is 3.09. The summed E-state index contributed by atoms with van der Waals surface area (Å²) in [6.07, 6.45) is -0.617. The van der Waals surface area contributed by atoms with Gasteiger partial charge in [0.1, 0.15) is 30.1 Å². The van der Waals surface area contributed by atoms with Crippen LogP contribution in [0.5, 0.6) is 5.75 Å². The van der Waals surface area contributed by atoms with Gasteiger partial charge in [-0.15, -0.1) is 0 Å². The van der Waals surface area contributed by atoms with E-state index >= 15 is 0 Å². The number of β-amino-alcohol motifs (C(OH)–C–C–N with tert-alkyl or cyclic N) is 1. The fraction of sp³-hybridized carbons (Fsp3) is 0.400. The second-order valence-corrected chi connectivity index (χ2v) is 7.14. The first-order valence-corrected chi connectivity index (χ1v) is 9.32. The molecule has 0 aliphatic carbocycles. The van der Waals surface area contributed by atoms with Crippen LogP contribution in [-0.4, -0.2) is 60.3 Å². The highest BCUT2D eigenvalue weighted by atomic mass is 35.5. The molecule has 1 heterocycles. The van der Waals surface area contributed by atoms with Crippen molar-refractivity contribution in [2.45, 2.75) is 12.6 Å². The lowest BCUT2D eigenvalue weighted by molar-refractivity contribution is 0.0446. The molecule has 1 unspecified atom stereocenters. The average Bonchev–Trinajstić information content (AvgIpc) is 2.65. The van der Waals surface area contributed by atoms with Gasteiger partial charge in [0.25, 0.3) is 0 Å². The van der Waals surface area contributed by atoms with E-state index in [0.717, 1.165) is 31.7 Å². The zero-order valence-electron chi connectivity index (χ0n) is 15.0. The molecule has 4 nitrogen and oxygen atoms in total. The minimum absolute atomic E-state index is 0.164. The maximum absolute atomic E-state index is 13.1. The molecule has 7 heteroatoms. The van der Waals surface area contributed by atoms with Crippen LogP contribution < -0.4 is 4.74 Å². The highest BCUT2D eigenvalue weighted by molar-refractivity contribution is 6.31. The molecule has 1 aliphatic heterocycles. The third-order valence-electron chi connectivity index (χ3n) is 4.60. The summed E-state index contributed by atoms with van der Waals surface area (Å²) in [7, 11) is 0. The predicted octanol–water partition coefficient (Wildman–Crippen LogP) is 3.18. The first-order valence-electron chi connectivity index (χ1n) is 8.94. The summed E-state index contributed by atoms with van der Waals surface area (Å²) >= 11 is 6.10. The van der Waals surface area contributed by atoms with Gasteiger partial charge in [0.05, 0.1) is 0 Å². The van der Waals surface area contributed by atoms with E-state index in [1.54, 1.807) is 18.2 Å². The normalized spacial score (nSPS) is 17.0. The first kappa shape index (κ1) is 20.0. The summed E-state index contributed by atoms with van der Waals surface area (Å²) in [6, 6.07) is 10.2. The van der Waals surface area contributed by atoms with Crippen molar-refractivity contribution in [1.82, 2.24) is 9.80 Å². The van der Waals surface area contributed by atoms with Gasteiger partial charge in [-0.05, 0) is 42.0 Å². The van der Waals surface area contributed by atoms with Crippen molar-refractivity contribution in [1.29, 1.82) is 0 Å². The van der Waals surface area contributed by atoms with Crippen molar-refractivity contribution in [3.05, 3.63) is 64.7 Å². The van der Waals surface area contributed by atoms with E-state index < -0.39 is 6.10 Å². The summed E-state index contributed by atoms with van der Waals surface area (Å²) < 4.78 is 31.5. The summed E-state index contributed by atoms with van der Waals surface area (Å²) in [6.45, 7) is 4.71. The number of benzene rings is 2. The Morgan fingerprint density at radius 1 is 0.963 bits per heavy atom. The Morgan fingerprint density at radius 2 is 1.59 bits per heavy atom. The van der Waals surface area contributed by atoms with E-state index in [1.807, 2.05) is 0 Å². The van der Waals surface area contributed by atoms with Crippen molar-refractivity contribution in [3.63, 3.8) is 0 Å². The van der Waals surface area contributed by atoms with E-state index in [2.05, 4.69) is 9.80 Å². The van der Waals surface area contributed by atoms with Crippen molar-refractivity contribution in [2.24, 2.45) is 0 Å². The largest absolute Gasteiger partial charge is 0.491 e. The lowest BCUT2D eigenvalue weighted by atomic mass is 10.2. The second-order valence-electron chi connectivity index (χ2n) is 6.73. The summed E-state index contributed by atoms with van der Waals surface area (Å²) in [5.74, 6) is -0.107. The van der Waals surface area contributed by atoms with Crippen LogP contribution in [0, 0.1) is 11.6 Å². The zero-order valence-corrected chi connectivity index (χ0v) is 15.7. The van der Waals surface area contributed by atoms with Gasteiger partial charge < -0.3 is 9.84 Å². The SMILES string of the molecule is OC(COc1ccc(F)cc1)CN1CCN(Cc2ccc(F)cc2Cl)CC1. The molecule has 0 saturated carbocycles. The Labute approximate surface area is 162 Å². The number of piperazine rings is 1. The molecule has 1 saturated heterocycles. The number of nitrogens with zero attached hydrogens (tertiary/aromatic N) is 2. The molecule has 1 aliphatic rings. The fourth-order valence-corrected chi connectivity index (χ4v) is 3.32. The molecule has 0 amide bonds. The van der Waals surface area contributed by atoms with E-state index in [1.165, 1.54) is 24.3 Å². The number of halogens is 3. The molecule has 0 aromatic heterocycles. The topological polar surface area (TPSA) is 35.9 Å². The Balaban J connectivity index is 1.39. The number of hydrogen-bond acceptors (Lipinski definition) is 4. The molecule has 2 aromatic carbocycles. The zero-order chi connectivity index (χ0) is 19.2. The Hall–Kier alpha value is -1.73. The molecule has 2 aromatic rings. The van der Waals surface area contributed by atoms with Crippen molar-refractivity contribution >= 4 is 11.6 Å². The van der Waals surface area contributed by atoms with E-state index in [9.17, 15) is 13.9 Å². The monoisotopic (exact) mass is 396 g/mol. The number of rotatable bonds is 7. The minimum Gasteiger partial charge on any atom is -0.491 e. The highest BCUT2D eigenvalue weighted by Gasteiger charge is 2.20. The number of ether oxygens (including phenoxy) is 1. The van der Waals surface area contributed by atoms with Crippen molar-refractivity contribution < 1.29 is 18.6 Å². The van der Waals surface area contributed by atoms with Crippen molar-refractivity contribution in [2.75, 3.05) is 39.3 Å². The highest BCUT2D eigenvalue weighted by Crippen LogP contribution is 2.20. The minimum atomic E-state index is -0.617. The van der Waals surface area contributed by atoms with Gasteiger partial charge in [-0.25, -0.2) is 8.78 Å². The predicted molar refractivity (Wildman–Crippen MR) is 101 cm³/mol. The first-order chi connectivity index (χ1) is 13.0. The number of hydrogen-bond donors (Lipinski definition) is 1.